The summed E-state index contributed by atoms with van der Waals surface area (Å²) in [6.45, 7) is 0. The number of fused-ring (bicyclic) bond motifs is 1. The van der Waals surface area contributed by atoms with Gasteiger partial charge in [-0.3, -0.25) is 10.1 Å². The van der Waals surface area contributed by atoms with Crippen LogP contribution in [0.15, 0.2) is 43.1 Å². The van der Waals surface area contributed by atoms with Gasteiger partial charge >= 0.3 is 0 Å². The molecule has 6 heteroatoms. The Bertz CT molecular complexity index is 449. The largest absolute Gasteiger partial charge is 0.265 e. The van der Waals surface area contributed by atoms with Crippen LogP contribution in [0.2, 0.25) is 0 Å². The minimum atomic E-state index is 0.602. The Morgan fingerprint density at radius 2 is 1.87 bits per heavy atom. The first-order valence-corrected chi connectivity index (χ1v) is 4.28. The lowest BCUT2D eigenvalue weighted by molar-refractivity contribution is 0.954. The van der Waals surface area contributed by atoms with Crippen LogP contribution in [0.3, 0.4) is 0 Å². The van der Waals surface area contributed by atoms with Crippen molar-refractivity contribution >= 4 is 11.2 Å². The summed E-state index contributed by atoms with van der Waals surface area (Å²) in [5.74, 6) is 0. The second-order valence-electron chi connectivity index (χ2n) is 2.60. The molecule has 0 aliphatic heterocycles. The molecule has 3 aromatic heterocycles. The second kappa shape index (κ2) is 4.75. The standard InChI is InChI=1S/C5H5N.C4H3N5/c1-2-4-6-5-3-1;1-3-4(6-2-5-1)8-9-7-3/h1-5H;1-2H,(H,5,6,7,8,9). The SMILES string of the molecule is c1ccncc1.c1ncc2[nH]nnc2n1. The van der Waals surface area contributed by atoms with Gasteiger partial charge in [-0.2, -0.15) is 0 Å². The van der Waals surface area contributed by atoms with Gasteiger partial charge in [-0.05, 0) is 12.1 Å². The summed E-state index contributed by atoms with van der Waals surface area (Å²) in [5.41, 5.74) is 1.36. The molecule has 1 N–H and O–H groups in total. The monoisotopic (exact) mass is 200 g/mol. The average molecular weight is 200 g/mol. The first-order valence-electron chi connectivity index (χ1n) is 4.28. The zero-order valence-electron chi connectivity index (χ0n) is 7.78. The maximum absolute atomic E-state index is 3.83. The molecule has 0 aliphatic rings. The van der Waals surface area contributed by atoms with Gasteiger partial charge in [0.15, 0.2) is 0 Å². The Balaban J connectivity index is 0.000000124. The van der Waals surface area contributed by atoms with Gasteiger partial charge in [0, 0.05) is 12.4 Å². The highest BCUT2D eigenvalue weighted by atomic mass is 15.3. The molecule has 0 amide bonds. The summed E-state index contributed by atoms with van der Waals surface area (Å²) in [6, 6.07) is 5.72. The number of nitrogens with zero attached hydrogens (tertiary/aromatic N) is 5. The van der Waals surface area contributed by atoms with Crippen molar-refractivity contribution in [2.24, 2.45) is 0 Å². The van der Waals surface area contributed by atoms with Crippen molar-refractivity contribution in [3.63, 3.8) is 0 Å². The van der Waals surface area contributed by atoms with Crippen LogP contribution >= 0.6 is 0 Å². The lowest BCUT2D eigenvalue weighted by Crippen LogP contribution is -1.76. The van der Waals surface area contributed by atoms with Crippen LogP contribution in [0.25, 0.3) is 11.2 Å². The normalized spacial score (nSPS) is 9.33. The summed E-state index contributed by atoms with van der Waals surface area (Å²) in [6.07, 6.45) is 6.56. The summed E-state index contributed by atoms with van der Waals surface area (Å²) >= 11 is 0. The van der Waals surface area contributed by atoms with Crippen molar-refractivity contribution in [2.45, 2.75) is 0 Å². The highest BCUT2D eigenvalue weighted by Crippen LogP contribution is 1.96. The molecule has 0 bridgehead atoms. The smallest absolute Gasteiger partial charge is 0.204 e. The van der Waals surface area contributed by atoms with Crippen molar-refractivity contribution in [3.8, 4) is 0 Å². The Morgan fingerprint density at radius 3 is 2.47 bits per heavy atom. The van der Waals surface area contributed by atoms with E-state index in [4.69, 9.17) is 0 Å². The van der Waals surface area contributed by atoms with Gasteiger partial charge in [0.25, 0.3) is 0 Å². The lowest BCUT2D eigenvalue weighted by Gasteiger charge is -1.78. The minimum absolute atomic E-state index is 0.602. The van der Waals surface area contributed by atoms with Crippen molar-refractivity contribution in [3.05, 3.63) is 43.1 Å². The van der Waals surface area contributed by atoms with Crippen LogP contribution < -0.4 is 0 Å². The summed E-state index contributed by atoms with van der Waals surface area (Å²) < 4.78 is 0. The molecule has 6 nitrogen and oxygen atoms in total. The van der Waals surface area contributed by atoms with Crippen LogP contribution in [0, 0.1) is 0 Å². The fourth-order valence-electron chi connectivity index (χ4n) is 0.921. The molecule has 0 atom stereocenters. The van der Waals surface area contributed by atoms with Crippen LogP contribution in [-0.2, 0) is 0 Å². The molecule has 0 radical (unpaired) electrons. The molecule has 3 aromatic rings. The third kappa shape index (κ3) is 2.53. The summed E-state index contributed by atoms with van der Waals surface area (Å²) in [5, 5.41) is 9.82. The molecule has 74 valence electrons. The first kappa shape index (κ1) is 9.20. The molecular formula is C9H8N6. The zero-order valence-corrected chi connectivity index (χ0v) is 7.78. The van der Waals surface area contributed by atoms with Crippen LogP contribution in [-0.4, -0.2) is 30.4 Å². The van der Waals surface area contributed by atoms with Gasteiger partial charge in [-0.25, -0.2) is 9.97 Å². The third-order valence-electron chi connectivity index (χ3n) is 1.57. The average Bonchev–Trinajstić information content (AvgIpc) is 2.80. The molecule has 0 spiro atoms. The van der Waals surface area contributed by atoms with E-state index in [-0.39, 0.29) is 0 Å². The summed E-state index contributed by atoms with van der Waals surface area (Å²) in [4.78, 5) is 11.4. The van der Waals surface area contributed by atoms with Crippen LogP contribution in [0.4, 0.5) is 0 Å². The molecule has 0 unspecified atom stereocenters. The Kier molecular flexibility index (Phi) is 2.91. The molecule has 3 heterocycles. The Labute approximate surface area is 85.4 Å². The van der Waals surface area contributed by atoms with E-state index in [9.17, 15) is 0 Å². The van der Waals surface area contributed by atoms with E-state index < -0.39 is 0 Å². The zero-order chi connectivity index (χ0) is 10.3. The minimum Gasteiger partial charge on any atom is -0.265 e. The highest BCUT2D eigenvalue weighted by Gasteiger charge is 1.92. The van der Waals surface area contributed by atoms with Crippen molar-refractivity contribution in [2.75, 3.05) is 0 Å². The lowest BCUT2D eigenvalue weighted by atomic mass is 10.5. The van der Waals surface area contributed by atoms with E-state index >= 15 is 0 Å². The van der Waals surface area contributed by atoms with Crippen molar-refractivity contribution in [1.82, 2.24) is 30.4 Å². The number of hydrogen-bond donors (Lipinski definition) is 1. The van der Waals surface area contributed by atoms with Crippen molar-refractivity contribution in [1.29, 1.82) is 0 Å². The Morgan fingerprint density at radius 1 is 1.00 bits per heavy atom. The number of aromatic nitrogens is 6. The van der Waals surface area contributed by atoms with Gasteiger partial charge in [0.2, 0.25) is 5.65 Å². The van der Waals surface area contributed by atoms with Gasteiger partial charge in [-0.15, -0.1) is 5.10 Å². The molecule has 0 saturated heterocycles. The Hall–Kier alpha value is -2.37. The van der Waals surface area contributed by atoms with E-state index in [0.717, 1.165) is 5.52 Å². The van der Waals surface area contributed by atoms with E-state index in [1.165, 1.54) is 6.33 Å². The molecule has 0 aromatic carbocycles. The molecule has 15 heavy (non-hydrogen) atoms. The van der Waals surface area contributed by atoms with Gasteiger partial charge in [0.1, 0.15) is 11.8 Å². The summed E-state index contributed by atoms with van der Waals surface area (Å²) in [7, 11) is 0. The first-order chi connectivity index (χ1) is 7.47. The van der Waals surface area contributed by atoms with Crippen LogP contribution in [0.5, 0.6) is 0 Å². The second-order valence-corrected chi connectivity index (χ2v) is 2.60. The van der Waals surface area contributed by atoms with E-state index in [1.54, 1.807) is 18.6 Å². The number of pyridine rings is 1. The van der Waals surface area contributed by atoms with Gasteiger partial charge < -0.3 is 0 Å². The number of rotatable bonds is 0. The predicted molar refractivity (Wildman–Crippen MR) is 53.7 cm³/mol. The topological polar surface area (TPSA) is 80.2 Å². The number of hydrogen-bond acceptors (Lipinski definition) is 5. The number of H-pyrrole nitrogens is 1. The quantitative estimate of drug-likeness (QED) is 0.581. The maximum atomic E-state index is 3.83. The molecule has 3 rings (SSSR count). The van der Waals surface area contributed by atoms with Gasteiger partial charge in [-0.1, -0.05) is 11.3 Å². The highest BCUT2D eigenvalue weighted by molar-refractivity contribution is 5.66. The van der Waals surface area contributed by atoms with Crippen LogP contribution in [0.1, 0.15) is 0 Å². The van der Waals surface area contributed by atoms with E-state index in [0.29, 0.717) is 5.65 Å². The molecule has 0 fully saturated rings. The number of aromatic amines is 1. The number of nitrogens with one attached hydrogen (secondary N) is 1. The fourth-order valence-corrected chi connectivity index (χ4v) is 0.921. The maximum Gasteiger partial charge on any atom is 0.204 e. The molecular weight excluding hydrogens is 192 g/mol. The van der Waals surface area contributed by atoms with E-state index in [2.05, 4.69) is 30.4 Å². The van der Waals surface area contributed by atoms with E-state index in [1.807, 2.05) is 18.2 Å². The molecule has 0 saturated carbocycles. The predicted octanol–water partition coefficient (Wildman–Crippen LogP) is 0.829. The fraction of sp³-hybridized carbons (Fsp3) is 0. The van der Waals surface area contributed by atoms with Crippen molar-refractivity contribution < 1.29 is 0 Å². The third-order valence-corrected chi connectivity index (χ3v) is 1.57. The van der Waals surface area contributed by atoms with Gasteiger partial charge in [0.05, 0.1) is 6.20 Å². The molecule has 0 aliphatic carbocycles.